The average Bonchev–Trinajstić information content (AvgIpc) is 2.06. The minimum atomic E-state index is -1.75. The van der Waals surface area contributed by atoms with E-state index in [0.717, 1.165) is 5.56 Å². The summed E-state index contributed by atoms with van der Waals surface area (Å²) < 4.78 is 31.5. The van der Waals surface area contributed by atoms with Crippen LogP contribution in [0.3, 0.4) is 0 Å². The second kappa shape index (κ2) is 6.67. The SMILES string of the molecule is FCF.NCc1cccc(F)c1. The van der Waals surface area contributed by atoms with Gasteiger partial charge in [0.05, 0.1) is 0 Å². The van der Waals surface area contributed by atoms with E-state index in [2.05, 4.69) is 0 Å². The van der Waals surface area contributed by atoms with Gasteiger partial charge in [0.15, 0.2) is 0 Å². The number of benzene rings is 1. The van der Waals surface area contributed by atoms with Crippen LogP contribution in [0.1, 0.15) is 5.56 Å². The quantitative estimate of drug-likeness (QED) is 0.698. The first-order chi connectivity index (χ1) is 5.74. The van der Waals surface area contributed by atoms with Crippen LogP contribution in [0.4, 0.5) is 13.2 Å². The molecule has 1 aromatic carbocycles. The number of nitrogens with two attached hydrogens (primary N) is 1. The molecule has 0 saturated heterocycles. The van der Waals surface area contributed by atoms with Crippen LogP contribution >= 0.6 is 0 Å². The molecule has 68 valence electrons. The number of alkyl halides is 2. The molecular weight excluding hydrogens is 167 g/mol. The van der Waals surface area contributed by atoms with Gasteiger partial charge in [-0.05, 0) is 17.7 Å². The number of hydrogen-bond acceptors (Lipinski definition) is 1. The summed E-state index contributed by atoms with van der Waals surface area (Å²) in [6.45, 7) is -1.35. The molecule has 0 amide bonds. The standard InChI is InChI=1S/C7H8FN.CH2F2/c8-7-3-1-2-6(4-7)5-9;2-1-3/h1-4H,5,9H2;1H2. The van der Waals surface area contributed by atoms with Gasteiger partial charge in [-0.15, -0.1) is 0 Å². The molecule has 1 rings (SSSR count). The summed E-state index contributed by atoms with van der Waals surface area (Å²) in [7, 11) is 0. The van der Waals surface area contributed by atoms with Crippen molar-refractivity contribution in [1.29, 1.82) is 0 Å². The lowest BCUT2D eigenvalue weighted by molar-refractivity contribution is 0.295. The summed E-state index contributed by atoms with van der Waals surface area (Å²) >= 11 is 0. The lowest BCUT2D eigenvalue weighted by Crippen LogP contribution is -1.95. The van der Waals surface area contributed by atoms with Crippen LogP contribution in [0.15, 0.2) is 24.3 Å². The Morgan fingerprint density at radius 3 is 2.17 bits per heavy atom. The lowest BCUT2D eigenvalue weighted by Gasteiger charge is -1.92. The van der Waals surface area contributed by atoms with Crippen LogP contribution in [0.25, 0.3) is 0 Å². The van der Waals surface area contributed by atoms with E-state index < -0.39 is 6.93 Å². The molecule has 4 heteroatoms. The van der Waals surface area contributed by atoms with Crippen molar-refractivity contribution in [3.8, 4) is 0 Å². The smallest absolute Gasteiger partial charge is 0.229 e. The monoisotopic (exact) mass is 177 g/mol. The highest BCUT2D eigenvalue weighted by Crippen LogP contribution is 2.00. The summed E-state index contributed by atoms with van der Waals surface area (Å²) in [6.07, 6.45) is 0. The minimum absolute atomic E-state index is 0.224. The Morgan fingerprint density at radius 2 is 1.83 bits per heavy atom. The van der Waals surface area contributed by atoms with E-state index in [-0.39, 0.29) is 5.82 Å². The van der Waals surface area contributed by atoms with E-state index in [0.29, 0.717) is 6.54 Å². The largest absolute Gasteiger partial charge is 0.326 e. The van der Waals surface area contributed by atoms with Crippen molar-refractivity contribution in [1.82, 2.24) is 0 Å². The molecule has 2 N–H and O–H groups in total. The van der Waals surface area contributed by atoms with Crippen LogP contribution in [0.5, 0.6) is 0 Å². The summed E-state index contributed by atoms with van der Waals surface area (Å²) in [5.41, 5.74) is 6.08. The molecule has 0 aliphatic heterocycles. The molecule has 0 atom stereocenters. The fourth-order valence-electron chi connectivity index (χ4n) is 0.664. The Labute approximate surface area is 69.0 Å². The molecule has 0 heterocycles. The summed E-state index contributed by atoms with van der Waals surface area (Å²) in [4.78, 5) is 0. The van der Waals surface area contributed by atoms with Crippen molar-refractivity contribution in [2.45, 2.75) is 6.54 Å². The molecule has 0 spiro atoms. The van der Waals surface area contributed by atoms with E-state index >= 15 is 0 Å². The molecule has 0 radical (unpaired) electrons. The van der Waals surface area contributed by atoms with E-state index in [1.54, 1.807) is 12.1 Å². The van der Waals surface area contributed by atoms with Gasteiger partial charge in [0, 0.05) is 6.54 Å². The number of halogens is 3. The maximum Gasteiger partial charge on any atom is 0.229 e. The fourth-order valence-corrected chi connectivity index (χ4v) is 0.664. The molecule has 0 aliphatic carbocycles. The maximum absolute atomic E-state index is 12.3. The Balaban J connectivity index is 0.000000354. The Bertz CT molecular complexity index is 215. The van der Waals surface area contributed by atoms with Gasteiger partial charge in [-0.1, -0.05) is 12.1 Å². The molecule has 0 aliphatic rings. The van der Waals surface area contributed by atoms with Gasteiger partial charge < -0.3 is 5.73 Å². The lowest BCUT2D eigenvalue weighted by atomic mass is 10.2. The zero-order valence-electron chi connectivity index (χ0n) is 6.43. The van der Waals surface area contributed by atoms with Gasteiger partial charge in [-0.3, -0.25) is 0 Å². The average molecular weight is 177 g/mol. The highest BCUT2D eigenvalue weighted by atomic mass is 19.3. The third-order valence-electron chi connectivity index (χ3n) is 1.12. The first-order valence-electron chi connectivity index (χ1n) is 3.31. The molecule has 0 bridgehead atoms. The van der Waals surface area contributed by atoms with Crippen LogP contribution in [-0.2, 0) is 6.54 Å². The third-order valence-corrected chi connectivity index (χ3v) is 1.12. The van der Waals surface area contributed by atoms with E-state index in [1.165, 1.54) is 12.1 Å². The molecule has 0 aromatic heterocycles. The van der Waals surface area contributed by atoms with Gasteiger partial charge in [0.1, 0.15) is 5.82 Å². The van der Waals surface area contributed by atoms with Crippen molar-refractivity contribution in [2.75, 3.05) is 6.93 Å². The maximum atomic E-state index is 12.3. The summed E-state index contributed by atoms with van der Waals surface area (Å²) in [5, 5.41) is 0. The Kier molecular flexibility index (Phi) is 6.09. The molecule has 0 saturated carbocycles. The van der Waals surface area contributed by atoms with Gasteiger partial charge >= 0.3 is 0 Å². The Hall–Kier alpha value is -1.03. The van der Waals surface area contributed by atoms with Gasteiger partial charge in [0.25, 0.3) is 0 Å². The van der Waals surface area contributed by atoms with Gasteiger partial charge in [0.2, 0.25) is 6.93 Å². The van der Waals surface area contributed by atoms with E-state index in [9.17, 15) is 13.2 Å². The zero-order chi connectivity index (χ0) is 9.40. The van der Waals surface area contributed by atoms with Crippen molar-refractivity contribution in [3.05, 3.63) is 35.6 Å². The summed E-state index contributed by atoms with van der Waals surface area (Å²) in [6, 6.07) is 6.28. The highest BCUT2D eigenvalue weighted by Gasteiger charge is 1.89. The van der Waals surface area contributed by atoms with Crippen molar-refractivity contribution in [3.63, 3.8) is 0 Å². The second-order valence-corrected chi connectivity index (χ2v) is 1.94. The predicted octanol–water partition coefficient (Wildman–Crippen LogP) is 2.17. The third kappa shape index (κ3) is 4.73. The van der Waals surface area contributed by atoms with Crippen molar-refractivity contribution >= 4 is 0 Å². The van der Waals surface area contributed by atoms with Crippen LogP contribution < -0.4 is 5.73 Å². The molecule has 0 fully saturated rings. The number of rotatable bonds is 1. The zero-order valence-corrected chi connectivity index (χ0v) is 6.43. The molecule has 0 unspecified atom stereocenters. The van der Waals surface area contributed by atoms with Gasteiger partial charge in [-0.2, -0.15) is 0 Å². The minimum Gasteiger partial charge on any atom is -0.326 e. The predicted molar refractivity (Wildman–Crippen MR) is 41.4 cm³/mol. The molecule has 1 nitrogen and oxygen atoms in total. The van der Waals surface area contributed by atoms with Gasteiger partial charge in [-0.25, -0.2) is 13.2 Å². The Morgan fingerprint density at radius 1 is 1.25 bits per heavy atom. The topological polar surface area (TPSA) is 26.0 Å². The van der Waals surface area contributed by atoms with E-state index in [4.69, 9.17) is 5.73 Å². The van der Waals surface area contributed by atoms with E-state index in [1.807, 2.05) is 0 Å². The van der Waals surface area contributed by atoms with Crippen molar-refractivity contribution < 1.29 is 13.2 Å². The van der Waals surface area contributed by atoms with Crippen LogP contribution in [0, 0.1) is 5.82 Å². The summed E-state index contributed by atoms with van der Waals surface area (Å²) in [5.74, 6) is -0.224. The van der Waals surface area contributed by atoms with Crippen LogP contribution in [-0.4, -0.2) is 6.93 Å². The number of hydrogen-bond donors (Lipinski definition) is 1. The van der Waals surface area contributed by atoms with Crippen LogP contribution in [0.2, 0.25) is 0 Å². The normalized spacial score (nSPS) is 8.67. The molecule has 12 heavy (non-hydrogen) atoms. The highest BCUT2D eigenvalue weighted by molar-refractivity contribution is 5.15. The van der Waals surface area contributed by atoms with Crippen molar-refractivity contribution in [2.24, 2.45) is 5.73 Å². The second-order valence-electron chi connectivity index (χ2n) is 1.94. The first kappa shape index (κ1) is 11.0. The molecular formula is C8H10F3N. The fraction of sp³-hybridized carbons (Fsp3) is 0.250. The molecule has 1 aromatic rings. The first-order valence-corrected chi connectivity index (χ1v) is 3.31.